The number of amides is 6. The van der Waals surface area contributed by atoms with E-state index in [0.29, 0.717) is 35.1 Å². The van der Waals surface area contributed by atoms with Gasteiger partial charge in [0.1, 0.15) is 36.9 Å². The van der Waals surface area contributed by atoms with Crippen molar-refractivity contribution >= 4 is 126 Å². The molecule has 8 aromatic carbocycles. The van der Waals surface area contributed by atoms with E-state index in [4.69, 9.17) is 9.47 Å². The van der Waals surface area contributed by atoms with Crippen molar-refractivity contribution in [3.05, 3.63) is 240 Å². The summed E-state index contributed by atoms with van der Waals surface area (Å²) in [6.07, 6.45) is 3.58. The van der Waals surface area contributed by atoms with E-state index in [1.54, 1.807) is 24.5 Å². The first kappa shape index (κ1) is 104. The van der Waals surface area contributed by atoms with E-state index >= 15 is 0 Å². The zero-order valence-corrected chi connectivity index (χ0v) is 79.5. The van der Waals surface area contributed by atoms with Gasteiger partial charge in [0, 0.05) is 97.1 Å². The Bertz CT molecular complexity index is 5310. The second-order valence-electron chi connectivity index (χ2n) is 32.1. The molecule has 0 saturated heterocycles. The van der Waals surface area contributed by atoms with Crippen molar-refractivity contribution in [2.45, 2.75) is 154 Å². The van der Waals surface area contributed by atoms with Crippen LogP contribution in [-0.2, 0) is 106 Å². The Morgan fingerprint density at radius 1 is 0.413 bits per heavy atom. The Hall–Kier alpha value is -9.08. The van der Waals surface area contributed by atoms with E-state index in [2.05, 4.69) is 51.3 Å². The number of aliphatic carboxylic acids is 2. The number of alkyl carbamates (subject to hydrolysis) is 2. The van der Waals surface area contributed by atoms with Crippen LogP contribution in [0, 0.1) is 23.7 Å². The topological polar surface area (TPSA) is 472 Å². The summed E-state index contributed by atoms with van der Waals surface area (Å²) < 4.78 is 94.4. The van der Waals surface area contributed by atoms with Crippen molar-refractivity contribution in [2.75, 3.05) is 37.9 Å². The number of sulfonamides is 2. The fraction of sp³-hybridized carbons (Fsp3) is 0.378. The van der Waals surface area contributed by atoms with Crippen LogP contribution in [0.5, 0.6) is 0 Å². The summed E-state index contributed by atoms with van der Waals surface area (Å²) >= 11 is 0. The predicted molar refractivity (Wildman–Crippen MR) is 473 cm³/mol. The van der Waals surface area contributed by atoms with Crippen molar-refractivity contribution in [2.24, 2.45) is 23.7 Å². The fourth-order valence-corrected chi connectivity index (χ4v) is 20.3. The Balaban J connectivity index is 0.000000340. The van der Waals surface area contributed by atoms with Crippen LogP contribution >= 0.6 is 14.7 Å². The second-order valence-corrected chi connectivity index (χ2v) is 40.7. The molecule has 0 spiro atoms. The first-order valence-corrected chi connectivity index (χ1v) is 48.7. The van der Waals surface area contributed by atoms with Gasteiger partial charge in [0.2, 0.25) is 58.4 Å². The van der Waals surface area contributed by atoms with Crippen molar-refractivity contribution in [1.29, 1.82) is 0 Å². The van der Waals surface area contributed by atoms with Crippen LogP contribution in [0.15, 0.2) is 207 Å². The fourth-order valence-electron chi connectivity index (χ4n) is 14.7. The van der Waals surface area contributed by atoms with E-state index < -0.39 is 142 Å². The van der Waals surface area contributed by atoms with E-state index in [1.165, 1.54) is 0 Å². The van der Waals surface area contributed by atoms with Crippen LogP contribution in [0.1, 0.15) is 112 Å². The molecule has 36 heteroatoms. The molecule has 664 valence electrons. The van der Waals surface area contributed by atoms with Gasteiger partial charge in [0.15, 0.2) is 0 Å². The zero-order chi connectivity index (χ0) is 89.7. The molecular formula is C90H110N10Na2O20P2S2. The molecule has 10 rings (SSSR count). The third-order valence-electron chi connectivity index (χ3n) is 20.8. The molecule has 12 N–H and O–H groups in total. The van der Waals surface area contributed by atoms with Gasteiger partial charge in [0.25, 0.3) is 0 Å². The van der Waals surface area contributed by atoms with Crippen LogP contribution in [0.4, 0.5) is 9.59 Å². The van der Waals surface area contributed by atoms with Crippen LogP contribution in [0.25, 0.3) is 43.4 Å². The van der Waals surface area contributed by atoms with Gasteiger partial charge in [-0.05, 0) is 130 Å². The SMILES string of the molecule is CC(C)CC(CP(=O)(O)C(Cc1ccc2ccccc2c1)NC(=O)[C@H](CCCCNC(=O)OCc1ccccc1)NS(C)(=O)=O)C(=O)N[C@@H](Cc1c[nH]c2ccccc12)C(=O)[O-].CC(C)CC(CP(=O)(O)C(Cc1ccc2ccccc2c1)NC(=O)[C@H](CCCCNC(=O)OCc1ccccc1)NS(C)(=O)=O)C(=O)N[C@@H](Cc1c[nH]c2ccccc12)C(=O)[O-].[Na+].[Na+]. The normalized spacial score (nSPS) is 14.4. The number of hydrogen-bond acceptors (Lipinski definition) is 18. The summed E-state index contributed by atoms with van der Waals surface area (Å²) in [5.41, 5.74) is 5.67. The maximum atomic E-state index is 14.7. The van der Waals surface area contributed by atoms with E-state index in [0.717, 1.165) is 67.0 Å². The van der Waals surface area contributed by atoms with Crippen LogP contribution in [0.2, 0.25) is 0 Å². The van der Waals surface area contributed by atoms with Gasteiger partial charge in [-0.1, -0.05) is 210 Å². The van der Waals surface area contributed by atoms with Gasteiger partial charge < -0.3 is 80.9 Å². The molecule has 10 atom stereocenters. The van der Waals surface area contributed by atoms with Gasteiger partial charge in [-0.2, -0.15) is 0 Å². The predicted octanol–water partition coefficient (Wildman–Crippen LogP) is 3.47. The molecule has 6 amide bonds. The van der Waals surface area contributed by atoms with E-state index in [9.17, 15) is 84.3 Å². The quantitative estimate of drug-likeness (QED) is 0.0148. The molecule has 0 bridgehead atoms. The maximum absolute atomic E-state index is 14.7. The van der Waals surface area contributed by atoms with Gasteiger partial charge in [-0.15, -0.1) is 0 Å². The Kier molecular flexibility index (Phi) is 41.3. The first-order valence-electron chi connectivity index (χ1n) is 41.1. The summed E-state index contributed by atoms with van der Waals surface area (Å²) in [5.74, 6) is -11.8. The van der Waals surface area contributed by atoms with Crippen molar-refractivity contribution in [3.8, 4) is 0 Å². The number of hydrogen-bond donors (Lipinski definition) is 12. The molecule has 2 heterocycles. The van der Waals surface area contributed by atoms with Gasteiger partial charge in [-0.25, -0.2) is 35.9 Å². The van der Waals surface area contributed by atoms with Crippen molar-refractivity contribution < 1.29 is 153 Å². The summed E-state index contributed by atoms with van der Waals surface area (Å²) in [6, 6.07) is 53.1. The largest absolute Gasteiger partial charge is 1.00 e. The van der Waals surface area contributed by atoms with E-state index in [1.807, 2.05) is 210 Å². The third kappa shape index (κ3) is 34.2. The number of aromatic nitrogens is 2. The van der Waals surface area contributed by atoms with Crippen LogP contribution in [0.3, 0.4) is 0 Å². The summed E-state index contributed by atoms with van der Waals surface area (Å²) in [4.78, 5) is 135. The maximum Gasteiger partial charge on any atom is 1.00 e. The van der Waals surface area contributed by atoms with Crippen LogP contribution < -0.4 is 111 Å². The number of carbonyl (C=O) groups excluding carboxylic acids is 8. The molecule has 0 radical (unpaired) electrons. The molecule has 30 nitrogen and oxygen atoms in total. The van der Waals surface area contributed by atoms with Crippen LogP contribution in [-0.4, -0.2) is 158 Å². The number of nitrogens with one attached hydrogen (secondary N) is 10. The molecule has 126 heavy (non-hydrogen) atoms. The minimum absolute atomic E-state index is 0. The number of fused-ring (bicyclic) bond motifs is 4. The minimum atomic E-state index is -4.57. The molecule has 0 aliphatic rings. The number of rotatable bonds is 46. The number of ether oxygens (including phenoxy) is 2. The van der Waals surface area contributed by atoms with E-state index in [-0.39, 0.29) is 161 Å². The number of unbranched alkanes of at least 4 members (excludes halogenated alkanes) is 2. The third-order valence-corrected chi connectivity index (χ3v) is 26.8. The number of benzene rings is 8. The molecule has 0 fully saturated rings. The average molecular weight is 1820 g/mol. The second kappa shape index (κ2) is 50.0. The zero-order valence-electron chi connectivity index (χ0n) is 72.1. The number of carboxylic acids is 2. The van der Waals surface area contributed by atoms with Crippen molar-refractivity contribution in [3.63, 3.8) is 0 Å². The molecule has 2 aromatic heterocycles. The molecule has 6 unspecified atom stereocenters. The Morgan fingerprint density at radius 3 is 1.10 bits per heavy atom. The summed E-state index contributed by atoms with van der Waals surface area (Å²) in [7, 11) is -17.0. The van der Waals surface area contributed by atoms with Crippen molar-refractivity contribution in [1.82, 2.24) is 51.3 Å². The smallest absolute Gasteiger partial charge is 0.548 e. The van der Waals surface area contributed by atoms with Gasteiger partial charge in [-0.3, -0.25) is 28.3 Å². The Labute approximate surface area is 778 Å². The molecule has 0 aliphatic carbocycles. The number of para-hydroxylation sites is 2. The standard InChI is InChI=1S/2C45H56N5O10PS.2Na/c2*1-30(2)23-36(42(51)48-40(44(53)54)26-35-27-47-38-18-10-9-17-37(35)38)29-61(56,57)41(25-32-20-21-33-15-7-8-16-34(33)24-32)49-43(52)39(50-62(3,58)59)19-11-12-22-46-45(55)60-28-31-13-5-4-6-14-31;;/h2*4-10,13-18,20-21,24,27,30,36,39-41,47,50H,11-12,19,22-23,25-26,28-29H2,1-3H3,(H,46,55)(H,48,51)(H,49,52)(H,53,54)(H,56,57);;/q;;2*+1/p-2/t2*36?,39-,40-,41?;;/m00../s1. The Morgan fingerprint density at radius 2 is 0.754 bits per heavy atom. The van der Waals surface area contributed by atoms with Gasteiger partial charge in [0.05, 0.1) is 36.5 Å². The molecular weight excluding hydrogens is 1710 g/mol. The summed E-state index contributed by atoms with van der Waals surface area (Å²) in [6.45, 7) is 7.81. The number of carboxylic acid groups (broad SMARTS) is 2. The average Bonchev–Trinajstić information content (AvgIpc) is 1.01. The summed E-state index contributed by atoms with van der Waals surface area (Å²) in [5, 5.41) is 45.5. The minimum Gasteiger partial charge on any atom is -0.548 e. The molecule has 0 aliphatic heterocycles. The number of H-pyrrole nitrogens is 2. The van der Waals surface area contributed by atoms with Gasteiger partial charge >= 0.3 is 71.3 Å². The molecule has 0 saturated carbocycles. The molecule has 10 aromatic rings. The monoisotopic (exact) mass is 1820 g/mol. The number of aromatic amines is 2. The number of carbonyl (C=O) groups is 8. The first-order chi connectivity index (χ1) is 58.9.